The van der Waals surface area contributed by atoms with E-state index in [1.54, 1.807) is 24.3 Å². The molecule has 0 aromatic heterocycles. The summed E-state index contributed by atoms with van der Waals surface area (Å²) < 4.78 is 41.4. The first-order valence-electron chi connectivity index (χ1n) is 5.50. The molecule has 100 valence electrons. The summed E-state index contributed by atoms with van der Waals surface area (Å²) in [4.78, 5) is 0. The van der Waals surface area contributed by atoms with Crippen molar-refractivity contribution in [3.8, 4) is 5.75 Å². The van der Waals surface area contributed by atoms with E-state index in [1.165, 1.54) is 24.3 Å². The van der Waals surface area contributed by atoms with E-state index in [0.29, 0.717) is 11.1 Å². The van der Waals surface area contributed by atoms with E-state index in [1.807, 2.05) is 0 Å². The molecule has 0 amide bonds. The Morgan fingerprint density at radius 1 is 0.947 bits per heavy atom. The van der Waals surface area contributed by atoms with E-state index >= 15 is 0 Å². The van der Waals surface area contributed by atoms with Crippen molar-refractivity contribution >= 4 is 11.6 Å². The predicted octanol–water partition coefficient (Wildman–Crippen LogP) is 4.76. The standard InChI is InChI=1S/C14H10ClF3O/c15-13(9-4-6-11(16)7-5-9)10-2-1-3-12(8-10)19-14(17)18/h1-8,13-14H. The average molecular weight is 287 g/mol. The van der Waals surface area contributed by atoms with Gasteiger partial charge in [0.15, 0.2) is 0 Å². The first kappa shape index (κ1) is 13.7. The fourth-order valence-corrected chi connectivity index (χ4v) is 1.95. The van der Waals surface area contributed by atoms with Crippen LogP contribution >= 0.6 is 11.6 Å². The summed E-state index contributed by atoms with van der Waals surface area (Å²) >= 11 is 6.23. The highest BCUT2D eigenvalue weighted by Crippen LogP contribution is 2.31. The first-order valence-corrected chi connectivity index (χ1v) is 5.94. The number of halogens is 4. The molecule has 0 aliphatic carbocycles. The molecule has 1 nitrogen and oxygen atoms in total. The third-order valence-electron chi connectivity index (χ3n) is 2.54. The molecule has 19 heavy (non-hydrogen) atoms. The zero-order chi connectivity index (χ0) is 13.8. The van der Waals surface area contributed by atoms with E-state index in [9.17, 15) is 13.2 Å². The lowest BCUT2D eigenvalue weighted by atomic mass is 10.0. The number of benzene rings is 2. The van der Waals surface area contributed by atoms with E-state index < -0.39 is 12.0 Å². The van der Waals surface area contributed by atoms with Crippen molar-refractivity contribution in [1.82, 2.24) is 0 Å². The Labute approximate surface area is 113 Å². The average Bonchev–Trinajstić information content (AvgIpc) is 2.38. The van der Waals surface area contributed by atoms with Crippen LogP contribution < -0.4 is 4.74 Å². The second kappa shape index (κ2) is 5.97. The van der Waals surface area contributed by atoms with Gasteiger partial charge in [0, 0.05) is 0 Å². The summed E-state index contributed by atoms with van der Waals surface area (Å²) in [7, 11) is 0. The summed E-state index contributed by atoms with van der Waals surface area (Å²) in [5.74, 6) is -0.317. The van der Waals surface area contributed by atoms with Gasteiger partial charge in [-0.2, -0.15) is 8.78 Å². The predicted molar refractivity (Wildman–Crippen MR) is 67.2 cm³/mol. The first-order chi connectivity index (χ1) is 9.06. The zero-order valence-electron chi connectivity index (χ0n) is 9.69. The normalized spacial score (nSPS) is 12.5. The van der Waals surface area contributed by atoms with Gasteiger partial charge in [-0.25, -0.2) is 4.39 Å². The van der Waals surface area contributed by atoms with Crippen LogP contribution in [0.4, 0.5) is 13.2 Å². The Bertz CT molecular complexity index is 543. The van der Waals surface area contributed by atoms with Crippen LogP contribution in [0.2, 0.25) is 0 Å². The molecule has 0 aliphatic rings. The number of hydrogen-bond acceptors (Lipinski definition) is 1. The minimum atomic E-state index is -2.88. The fraction of sp³-hybridized carbons (Fsp3) is 0.143. The van der Waals surface area contributed by atoms with Gasteiger partial charge in [-0.3, -0.25) is 0 Å². The highest BCUT2D eigenvalue weighted by atomic mass is 35.5. The smallest absolute Gasteiger partial charge is 0.387 e. The van der Waals surface area contributed by atoms with Gasteiger partial charge >= 0.3 is 6.61 Å². The van der Waals surface area contributed by atoms with Crippen molar-refractivity contribution in [2.24, 2.45) is 0 Å². The van der Waals surface area contributed by atoms with Crippen LogP contribution in [0.25, 0.3) is 0 Å². The zero-order valence-corrected chi connectivity index (χ0v) is 10.4. The van der Waals surface area contributed by atoms with Gasteiger partial charge in [0.2, 0.25) is 0 Å². The number of hydrogen-bond donors (Lipinski definition) is 0. The van der Waals surface area contributed by atoms with Crippen molar-refractivity contribution in [1.29, 1.82) is 0 Å². The molecule has 0 heterocycles. The van der Waals surface area contributed by atoms with Crippen LogP contribution in [0.15, 0.2) is 48.5 Å². The summed E-state index contributed by atoms with van der Waals surface area (Å²) in [6, 6.07) is 11.8. The monoisotopic (exact) mass is 286 g/mol. The molecular formula is C14H10ClF3O. The van der Waals surface area contributed by atoms with E-state index in [4.69, 9.17) is 11.6 Å². The van der Waals surface area contributed by atoms with Crippen LogP contribution in [-0.2, 0) is 0 Å². The Hall–Kier alpha value is -1.68. The Morgan fingerprint density at radius 2 is 1.63 bits per heavy atom. The van der Waals surface area contributed by atoms with Crippen LogP contribution in [0, 0.1) is 5.82 Å². The molecule has 0 bridgehead atoms. The Morgan fingerprint density at radius 3 is 2.26 bits per heavy atom. The molecule has 0 radical (unpaired) electrons. The van der Waals surface area contributed by atoms with Gasteiger partial charge in [-0.05, 0) is 35.4 Å². The number of rotatable bonds is 4. The summed E-state index contributed by atoms with van der Waals surface area (Å²) in [6.45, 7) is -2.88. The molecule has 1 atom stereocenters. The maximum Gasteiger partial charge on any atom is 0.387 e. The Balaban J connectivity index is 2.23. The molecule has 0 fully saturated rings. The van der Waals surface area contributed by atoms with Crippen molar-refractivity contribution in [3.05, 3.63) is 65.5 Å². The summed E-state index contributed by atoms with van der Waals surface area (Å²) in [6.07, 6.45) is 0. The van der Waals surface area contributed by atoms with Gasteiger partial charge in [0.25, 0.3) is 0 Å². The summed E-state index contributed by atoms with van der Waals surface area (Å²) in [5, 5.41) is -0.554. The Kier molecular flexibility index (Phi) is 4.32. The highest BCUT2D eigenvalue weighted by molar-refractivity contribution is 6.22. The number of alkyl halides is 3. The second-order valence-corrected chi connectivity index (χ2v) is 4.30. The molecule has 0 N–H and O–H groups in total. The van der Waals surface area contributed by atoms with Crippen molar-refractivity contribution in [2.75, 3.05) is 0 Å². The van der Waals surface area contributed by atoms with Crippen LogP contribution in [0.1, 0.15) is 16.5 Å². The lowest BCUT2D eigenvalue weighted by Gasteiger charge is -2.12. The maximum absolute atomic E-state index is 12.8. The topological polar surface area (TPSA) is 9.23 Å². The quantitative estimate of drug-likeness (QED) is 0.737. The molecule has 2 aromatic rings. The minimum absolute atomic E-state index is 0.0419. The van der Waals surface area contributed by atoms with Gasteiger partial charge in [-0.1, -0.05) is 24.3 Å². The lowest BCUT2D eigenvalue weighted by molar-refractivity contribution is -0.0498. The van der Waals surface area contributed by atoms with Crippen molar-refractivity contribution in [3.63, 3.8) is 0 Å². The van der Waals surface area contributed by atoms with E-state index in [2.05, 4.69) is 4.74 Å². The molecular weight excluding hydrogens is 277 g/mol. The van der Waals surface area contributed by atoms with E-state index in [-0.39, 0.29) is 11.6 Å². The minimum Gasteiger partial charge on any atom is -0.435 e. The largest absolute Gasteiger partial charge is 0.435 e. The van der Waals surface area contributed by atoms with Crippen LogP contribution in [-0.4, -0.2) is 6.61 Å². The third-order valence-corrected chi connectivity index (χ3v) is 3.04. The van der Waals surface area contributed by atoms with E-state index in [0.717, 1.165) is 0 Å². The van der Waals surface area contributed by atoms with Gasteiger partial charge in [-0.15, -0.1) is 11.6 Å². The molecule has 1 unspecified atom stereocenters. The SMILES string of the molecule is Fc1ccc(C(Cl)c2cccc(OC(F)F)c2)cc1. The highest BCUT2D eigenvalue weighted by Gasteiger charge is 2.12. The van der Waals surface area contributed by atoms with Crippen molar-refractivity contribution in [2.45, 2.75) is 12.0 Å². The van der Waals surface area contributed by atoms with Crippen LogP contribution in [0.3, 0.4) is 0 Å². The maximum atomic E-state index is 12.8. The summed E-state index contributed by atoms with van der Waals surface area (Å²) in [5.41, 5.74) is 1.28. The van der Waals surface area contributed by atoms with Gasteiger partial charge < -0.3 is 4.74 Å². The van der Waals surface area contributed by atoms with Gasteiger partial charge in [0.05, 0.1) is 5.38 Å². The molecule has 0 saturated carbocycles. The molecule has 5 heteroatoms. The van der Waals surface area contributed by atoms with Crippen molar-refractivity contribution < 1.29 is 17.9 Å². The molecule has 2 aromatic carbocycles. The third kappa shape index (κ3) is 3.64. The second-order valence-electron chi connectivity index (χ2n) is 3.87. The molecule has 0 saturated heterocycles. The molecule has 0 spiro atoms. The fourth-order valence-electron chi connectivity index (χ4n) is 1.67. The van der Waals surface area contributed by atoms with Gasteiger partial charge in [0.1, 0.15) is 11.6 Å². The molecule has 0 aliphatic heterocycles. The molecule has 2 rings (SSSR count). The number of ether oxygens (including phenoxy) is 1. The van der Waals surface area contributed by atoms with Crippen LogP contribution in [0.5, 0.6) is 5.75 Å². The lowest BCUT2D eigenvalue weighted by Crippen LogP contribution is -2.02.